The van der Waals surface area contributed by atoms with Crippen molar-refractivity contribution in [3.05, 3.63) is 107 Å². The predicted molar refractivity (Wildman–Crippen MR) is 138 cm³/mol. The van der Waals surface area contributed by atoms with Gasteiger partial charge in [0.15, 0.2) is 11.5 Å². The number of methoxy groups -OCH3 is 1. The number of amides is 1. The third-order valence-electron chi connectivity index (χ3n) is 5.83. The van der Waals surface area contributed by atoms with E-state index in [1.165, 1.54) is 48.1 Å². The summed E-state index contributed by atoms with van der Waals surface area (Å²) in [5.74, 6) is -0.967. The molecule has 1 aliphatic rings. The number of hydrazone groups is 1. The Hall–Kier alpha value is -4.51. The molecule has 0 saturated heterocycles. The zero-order valence-electron chi connectivity index (χ0n) is 20.3. The predicted octanol–water partition coefficient (Wildman–Crippen LogP) is 5.29. The normalized spacial score (nSPS) is 14.9. The lowest BCUT2D eigenvalue weighted by atomic mass is 10.1. The molecule has 9 nitrogen and oxygen atoms in total. The minimum atomic E-state index is -1.17. The summed E-state index contributed by atoms with van der Waals surface area (Å²) in [4.78, 5) is 24.7. The topological polar surface area (TPSA) is 106 Å². The second kappa shape index (κ2) is 10.5. The smallest absolute Gasteiger partial charge is 0.371 e. The average molecular weight is 536 g/mol. The third kappa shape index (κ3) is 4.88. The van der Waals surface area contributed by atoms with E-state index in [4.69, 9.17) is 19.0 Å². The fourth-order valence-electron chi connectivity index (χ4n) is 3.97. The summed E-state index contributed by atoms with van der Waals surface area (Å²) in [5.41, 5.74) is 1.74. The highest BCUT2D eigenvalue weighted by Crippen LogP contribution is 2.47. The first kappa shape index (κ1) is 25.2. The molecule has 3 heterocycles. The van der Waals surface area contributed by atoms with Gasteiger partial charge in [0.1, 0.15) is 34.3 Å². The summed E-state index contributed by atoms with van der Waals surface area (Å²) in [6.45, 7) is -0.0335. The van der Waals surface area contributed by atoms with Gasteiger partial charge in [-0.15, -0.1) is 0 Å². The van der Waals surface area contributed by atoms with Crippen molar-refractivity contribution >= 4 is 28.7 Å². The molecule has 194 valence electrons. The number of aryl methyl sites for hydroxylation is 1. The Balaban J connectivity index is 1.49. The quantitative estimate of drug-likeness (QED) is 0.327. The number of hydrogen-bond donors (Lipinski definition) is 1. The van der Waals surface area contributed by atoms with E-state index in [1.54, 1.807) is 54.2 Å². The number of carbonyl (C=O) groups is 2. The van der Waals surface area contributed by atoms with Gasteiger partial charge in [0, 0.05) is 24.4 Å². The minimum Gasteiger partial charge on any atom is -0.492 e. The van der Waals surface area contributed by atoms with Gasteiger partial charge in [-0.1, -0.05) is 23.9 Å². The van der Waals surface area contributed by atoms with Crippen LogP contribution in [0.25, 0.3) is 0 Å². The number of aromatic carboxylic acids is 1. The number of benzene rings is 2. The van der Waals surface area contributed by atoms with Gasteiger partial charge in [-0.2, -0.15) is 5.10 Å². The molecule has 1 N–H and O–H groups in total. The molecule has 1 aliphatic heterocycles. The molecule has 2 aromatic carbocycles. The summed E-state index contributed by atoms with van der Waals surface area (Å²) in [5, 5.41) is 15.0. The van der Waals surface area contributed by atoms with Crippen molar-refractivity contribution in [3.8, 4) is 11.5 Å². The van der Waals surface area contributed by atoms with Crippen molar-refractivity contribution in [3.63, 3.8) is 0 Å². The SMILES string of the molecule is COc1c(OCc2ccc(C(=O)O)o2)cccc1C1SC(c2ccc(F)cc2)=NN1C(=O)c1cccn1C. The maximum absolute atomic E-state index is 13.6. The van der Waals surface area contributed by atoms with Crippen LogP contribution in [0.2, 0.25) is 0 Å². The number of carbonyl (C=O) groups excluding carboxylic acids is 1. The first-order valence-corrected chi connectivity index (χ1v) is 12.3. The summed E-state index contributed by atoms with van der Waals surface area (Å²) in [7, 11) is 3.27. The number of furan rings is 1. The molecular weight excluding hydrogens is 513 g/mol. The Labute approximate surface area is 221 Å². The third-order valence-corrected chi connectivity index (χ3v) is 7.05. The molecular formula is C27H22FN3O6S. The van der Waals surface area contributed by atoms with E-state index in [0.717, 1.165) is 0 Å². The average Bonchev–Trinajstić information content (AvgIpc) is 3.67. The molecule has 4 aromatic rings. The van der Waals surface area contributed by atoms with Crippen LogP contribution in [0.5, 0.6) is 11.5 Å². The van der Waals surface area contributed by atoms with E-state index in [1.807, 2.05) is 6.07 Å². The number of hydrogen-bond acceptors (Lipinski definition) is 7. The maximum atomic E-state index is 13.6. The zero-order valence-corrected chi connectivity index (χ0v) is 21.1. The Bertz CT molecular complexity index is 1530. The van der Waals surface area contributed by atoms with Gasteiger partial charge in [-0.3, -0.25) is 4.79 Å². The fourth-order valence-corrected chi connectivity index (χ4v) is 5.15. The lowest BCUT2D eigenvalue weighted by Crippen LogP contribution is -2.28. The summed E-state index contributed by atoms with van der Waals surface area (Å²) < 4.78 is 32.2. The van der Waals surface area contributed by atoms with Crippen LogP contribution in [0.15, 0.2) is 82.4 Å². The monoisotopic (exact) mass is 535 g/mol. The molecule has 0 aliphatic carbocycles. The Morgan fingerprint density at radius 1 is 1.11 bits per heavy atom. The van der Waals surface area contributed by atoms with Crippen LogP contribution in [-0.2, 0) is 13.7 Å². The largest absolute Gasteiger partial charge is 0.492 e. The van der Waals surface area contributed by atoms with Crippen LogP contribution in [-0.4, -0.2) is 38.7 Å². The van der Waals surface area contributed by atoms with Crippen molar-refractivity contribution in [2.75, 3.05) is 7.11 Å². The summed E-state index contributed by atoms with van der Waals surface area (Å²) in [6.07, 6.45) is 1.77. The number of carboxylic acids is 1. The zero-order chi connectivity index (χ0) is 26.8. The molecule has 0 fully saturated rings. The van der Waals surface area contributed by atoms with Crippen LogP contribution in [0.4, 0.5) is 4.39 Å². The highest BCUT2D eigenvalue weighted by atomic mass is 32.2. The summed E-state index contributed by atoms with van der Waals surface area (Å²) >= 11 is 1.33. The van der Waals surface area contributed by atoms with E-state index in [2.05, 4.69) is 5.10 Å². The van der Waals surface area contributed by atoms with Crippen LogP contribution in [0, 0.1) is 5.82 Å². The number of carboxylic acid groups (broad SMARTS) is 1. The molecule has 2 aromatic heterocycles. The van der Waals surface area contributed by atoms with Crippen LogP contribution >= 0.6 is 11.8 Å². The number of rotatable bonds is 8. The fraction of sp³-hybridized carbons (Fsp3) is 0.148. The summed E-state index contributed by atoms with van der Waals surface area (Å²) in [6, 6.07) is 17.5. The van der Waals surface area contributed by atoms with Crippen LogP contribution in [0.1, 0.15) is 43.3 Å². The number of ether oxygens (including phenoxy) is 2. The molecule has 0 bridgehead atoms. The molecule has 1 amide bonds. The molecule has 0 radical (unpaired) electrons. The van der Waals surface area contributed by atoms with Crippen molar-refractivity contribution in [1.29, 1.82) is 0 Å². The van der Waals surface area contributed by atoms with Gasteiger partial charge in [0.2, 0.25) is 5.76 Å². The van der Waals surface area contributed by atoms with Gasteiger partial charge < -0.3 is 23.6 Å². The number of para-hydroxylation sites is 1. The van der Waals surface area contributed by atoms with E-state index in [9.17, 15) is 14.0 Å². The van der Waals surface area contributed by atoms with E-state index in [0.29, 0.717) is 39.1 Å². The van der Waals surface area contributed by atoms with Gasteiger partial charge in [-0.05, 0) is 54.6 Å². The molecule has 1 atom stereocenters. The molecule has 38 heavy (non-hydrogen) atoms. The van der Waals surface area contributed by atoms with Crippen molar-refractivity contribution in [2.24, 2.45) is 12.1 Å². The van der Waals surface area contributed by atoms with Crippen molar-refractivity contribution in [2.45, 2.75) is 12.0 Å². The number of halogens is 1. The second-order valence-corrected chi connectivity index (χ2v) is 9.34. The first-order chi connectivity index (χ1) is 18.4. The molecule has 0 saturated carbocycles. The Kier molecular flexibility index (Phi) is 6.93. The standard InChI is InChI=1S/C27H22FN3O6S/c1-30-14-4-6-20(30)25(32)31-26(38-24(29-31)16-8-10-17(28)11-9-16)19-5-3-7-21(23(19)35-2)36-15-18-12-13-22(37-18)27(33)34/h3-14,26H,15H2,1-2H3,(H,33,34). The number of aromatic nitrogens is 1. The molecule has 1 unspecified atom stereocenters. The second-order valence-electron chi connectivity index (χ2n) is 8.27. The van der Waals surface area contributed by atoms with Gasteiger partial charge in [-0.25, -0.2) is 14.2 Å². The Morgan fingerprint density at radius 3 is 2.55 bits per heavy atom. The van der Waals surface area contributed by atoms with E-state index < -0.39 is 11.3 Å². The Morgan fingerprint density at radius 2 is 1.89 bits per heavy atom. The van der Waals surface area contributed by atoms with Gasteiger partial charge in [0.05, 0.1) is 7.11 Å². The lowest BCUT2D eigenvalue weighted by Gasteiger charge is -2.24. The molecule has 11 heteroatoms. The first-order valence-electron chi connectivity index (χ1n) is 11.4. The lowest BCUT2D eigenvalue weighted by molar-refractivity contribution is 0.0657. The number of nitrogens with zero attached hydrogens (tertiary/aromatic N) is 3. The number of thioether (sulfide) groups is 1. The van der Waals surface area contributed by atoms with Crippen LogP contribution < -0.4 is 9.47 Å². The maximum Gasteiger partial charge on any atom is 0.371 e. The van der Waals surface area contributed by atoms with E-state index in [-0.39, 0.29) is 24.1 Å². The highest BCUT2D eigenvalue weighted by Gasteiger charge is 2.37. The van der Waals surface area contributed by atoms with E-state index >= 15 is 0 Å². The van der Waals surface area contributed by atoms with Gasteiger partial charge >= 0.3 is 5.97 Å². The van der Waals surface area contributed by atoms with Crippen molar-refractivity contribution in [1.82, 2.24) is 9.58 Å². The van der Waals surface area contributed by atoms with Gasteiger partial charge in [0.25, 0.3) is 5.91 Å². The van der Waals surface area contributed by atoms with Crippen LogP contribution in [0.3, 0.4) is 0 Å². The molecule has 0 spiro atoms. The van der Waals surface area contributed by atoms with Crippen molar-refractivity contribution < 1.29 is 33.0 Å². The molecule has 5 rings (SSSR count). The minimum absolute atomic E-state index is 0.0335. The highest BCUT2D eigenvalue weighted by molar-refractivity contribution is 8.14.